The minimum absolute atomic E-state index is 0.0328. The highest BCUT2D eigenvalue weighted by molar-refractivity contribution is 5.83. The summed E-state index contributed by atoms with van der Waals surface area (Å²) < 4.78 is 10.1. The molecule has 4 nitrogen and oxygen atoms in total. The van der Waals surface area contributed by atoms with Gasteiger partial charge in [-0.2, -0.15) is 0 Å². The van der Waals surface area contributed by atoms with Crippen LogP contribution < -0.4 is 0 Å². The van der Waals surface area contributed by atoms with Crippen molar-refractivity contribution in [2.45, 2.75) is 44.6 Å². The maximum atomic E-state index is 11.5. The fourth-order valence-corrected chi connectivity index (χ4v) is 2.29. The number of carbonyl (C=O) groups excluding carboxylic acids is 2. The minimum atomic E-state index is -0.362. The van der Waals surface area contributed by atoms with Gasteiger partial charge in [0.2, 0.25) is 0 Å². The van der Waals surface area contributed by atoms with Crippen LogP contribution in [0, 0.1) is 5.92 Å². The molecule has 1 atom stereocenters. The van der Waals surface area contributed by atoms with Crippen LogP contribution >= 0.6 is 0 Å². The Morgan fingerprint density at radius 2 is 2.00 bits per heavy atom. The van der Waals surface area contributed by atoms with E-state index in [1.165, 1.54) is 20.0 Å². The Balaban J connectivity index is 2.23. The number of carbonyl (C=O) groups is 2. The molecular formula is C14H22O4. The molecule has 4 heteroatoms. The van der Waals surface area contributed by atoms with E-state index in [9.17, 15) is 9.59 Å². The maximum absolute atomic E-state index is 11.5. The summed E-state index contributed by atoms with van der Waals surface area (Å²) in [6.45, 7) is 3.82. The van der Waals surface area contributed by atoms with Gasteiger partial charge in [-0.1, -0.05) is 18.9 Å². The number of hydrogen-bond acceptors (Lipinski definition) is 4. The minimum Gasteiger partial charge on any atom is -0.469 e. The molecular weight excluding hydrogens is 232 g/mol. The predicted octanol–water partition coefficient (Wildman–Crippen LogP) is 2.27. The molecule has 18 heavy (non-hydrogen) atoms. The number of esters is 1. The van der Waals surface area contributed by atoms with E-state index in [-0.39, 0.29) is 37.3 Å². The Labute approximate surface area is 108 Å². The normalized spacial score (nSPS) is 17.4. The van der Waals surface area contributed by atoms with Crippen LogP contribution in [0.15, 0.2) is 12.7 Å². The molecule has 0 aromatic rings. The Bertz CT molecular complexity index is 292. The van der Waals surface area contributed by atoms with E-state index < -0.39 is 0 Å². The van der Waals surface area contributed by atoms with Crippen LogP contribution in [-0.2, 0) is 19.1 Å². The highest BCUT2D eigenvalue weighted by atomic mass is 16.5. The van der Waals surface area contributed by atoms with Gasteiger partial charge in [0.1, 0.15) is 6.61 Å². The van der Waals surface area contributed by atoms with Gasteiger partial charge in [0, 0.05) is 6.42 Å². The molecule has 0 aromatic carbocycles. The summed E-state index contributed by atoms with van der Waals surface area (Å²) in [5.74, 6) is 0.0700. The Morgan fingerprint density at radius 1 is 1.33 bits per heavy atom. The summed E-state index contributed by atoms with van der Waals surface area (Å²) in [6, 6.07) is 0. The molecule has 0 radical (unpaired) electrons. The molecule has 1 saturated carbocycles. The zero-order chi connectivity index (χ0) is 13.4. The lowest BCUT2D eigenvalue weighted by atomic mass is 10.0. The van der Waals surface area contributed by atoms with E-state index in [2.05, 4.69) is 11.3 Å². The highest BCUT2D eigenvalue weighted by Gasteiger charge is 2.23. The molecule has 0 aromatic heterocycles. The molecule has 0 bridgehead atoms. The highest BCUT2D eigenvalue weighted by Crippen LogP contribution is 2.29. The second-order valence-electron chi connectivity index (χ2n) is 4.67. The molecule has 1 fully saturated rings. The molecule has 0 heterocycles. The Hall–Kier alpha value is -1.16. The third kappa shape index (κ3) is 5.00. The van der Waals surface area contributed by atoms with Gasteiger partial charge < -0.3 is 9.47 Å². The van der Waals surface area contributed by atoms with E-state index >= 15 is 0 Å². The summed E-state index contributed by atoms with van der Waals surface area (Å²) in [5.41, 5.74) is 0. The van der Waals surface area contributed by atoms with Crippen molar-refractivity contribution in [1.29, 1.82) is 0 Å². The van der Waals surface area contributed by atoms with E-state index in [0.29, 0.717) is 5.92 Å². The number of hydrogen-bond donors (Lipinski definition) is 0. The predicted molar refractivity (Wildman–Crippen MR) is 68.2 cm³/mol. The average molecular weight is 254 g/mol. The monoisotopic (exact) mass is 254 g/mol. The average Bonchev–Trinajstić information content (AvgIpc) is 2.90. The molecule has 0 spiro atoms. The van der Waals surface area contributed by atoms with Crippen LogP contribution in [0.2, 0.25) is 0 Å². The van der Waals surface area contributed by atoms with Crippen molar-refractivity contribution in [3.8, 4) is 0 Å². The zero-order valence-corrected chi connectivity index (χ0v) is 11.0. The second kappa shape index (κ2) is 8.03. The molecule has 0 N–H and O–H groups in total. The Morgan fingerprint density at radius 3 is 2.56 bits per heavy atom. The van der Waals surface area contributed by atoms with Crippen LogP contribution in [0.25, 0.3) is 0 Å². The van der Waals surface area contributed by atoms with E-state index in [0.717, 1.165) is 12.8 Å². The number of ketones is 1. The third-order valence-corrected chi connectivity index (χ3v) is 3.37. The number of rotatable bonds is 8. The SMILES string of the molecule is C=C[C@H](OCC(=O)CCC(=O)OC)C1CCCC1. The lowest BCUT2D eigenvalue weighted by molar-refractivity contribution is -0.142. The van der Waals surface area contributed by atoms with Crippen molar-refractivity contribution in [1.82, 2.24) is 0 Å². The molecule has 0 aliphatic heterocycles. The number of methoxy groups -OCH3 is 1. The van der Waals surface area contributed by atoms with Crippen molar-refractivity contribution in [3.63, 3.8) is 0 Å². The van der Waals surface area contributed by atoms with Crippen LogP contribution in [0.3, 0.4) is 0 Å². The summed E-state index contributed by atoms with van der Waals surface area (Å²) in [7, 11) is 1.32. The summed E-state index contributed by atoms with van der Waals surface area (Å²) in [4.78, 5) is 22.4. The quantitative estimate of drug-likeness (QED) is 0.492. The van der Waals surface area contributed by atoms with E-state index in [4.69, 9.17) is 4.74 Å². The number of Topliss-reactive ketones (excluding diaryl/α,β-unsaturated/α-hetero) is 1. The van der Waals surface area contributed by atoms with Crippen LogP contribution in [0.5, 0.6) is 0 Å². The molecule has 0 unspecified atom stereocenters. The largest absolute Gasteiger partial charge is 0.469 e. The van der Waals surface area contributed by atoms with E-state index in [1.54, 1.807) is 6.08 Å². The fraction of sp³-hybridized carbons (Fsp3) is 0.714. The first-order valence-electron chi connectivity index (χ1n) is 6.50. The molecule has 102 valence electrons. The van der Waals surface area contributed by atoms with Crippen molar-refractivity contribution in [2.24, 2.45) is 5.92 Å². The summed E-state index contributed by atoms with van der Waals surface area (Å²) in [6.07, 6.45) is 6.81. The van der Waals surface area contributed by atoms with Crippen molar-refractivity contribution >= 4 is 11.8 Å². The molecule has 1 aliphatic carbocycles. The maximum Gasteiger partial charge on any atom is 0.305 e. The van der Waals surface area contributed by atoms with Crippen LogP contribution in [-0.4, -0.2) is 31.6 Å². The first kappa shape index (κ1) is 14.9. The van der Waals surface area contributed by atoms with Crippen LogP contribution in [0.4, 0.5) is 0 Å². The van der Waals surface area contributed by atoms with Gasteiger partial charge in [-0.3, -0.25) is 9.59 Å². The smallest absolute Gasteiger partial charge is 0.305 e. The van der Waals surface area contributed by atoms with Crippen molar-refractivity contribution in [2.75, 3.05) is 13.7 Å². The van der Waals surface area contributed by atoms with Gasteiger partial charge in [-0.25, -0.2) is 0 Å². The first-order valence-corrected chi connectivity index (χ1v) is 6.50. The van der Waals surface area contributed by atoms with Gasteiger partial charge in [-0.05, 0) is 18.8 Å². The summed E-state index contributed by atoms with van der Waals surface area (Å²) in [5, 5.41) is 0. The lowest BCUT2D eigenvalue weighted by Crippen LogP contribution is -2.23. The molecule has 0 amide bonds. The Kier molecular flexibility index (Phi) is 6.65. The third-order valence-electron chi connectivity index (χ3n) is 3.37. The zero-order valence-electron chi connectivity index (χ0n) is 11.0. The van der Waals surface area contributed by atoms with E-state index in [1.807, 2.05) is 0 Å². The van der Waals surface area contributed by atoms with Gasteiger partial charge >= 0.3 is 5.97 Å². The number of ether oxygens (including phenoxy) is 2. The molecule has 0 saturated heterocycles. The van der Waals surface area contributed by atoms with Gasteiger partial charge in [0.15, 0.2) is 5.78 Å². The second-order valence-corrected chi connectivity index (χ2v) is 4.67. The van der Waals surface area contributed by atoms with Crippen molar-refractivity contribution < 1.29 is 19.1 Å². The molecule has 1 rings (SSSR count). The van der Waals surface area contributed by atoms with Crippen molar-refractivity contribution in [3.05, 3.63) is 12.7 Å². The standard InChI is InChI=1S/C14H22O4/c1-3-13(11-6-4-5-7-11)18-10-12(15)8-9-14(16)17-2/h3,11,13H,1,4-10H2,2H3/t13-/m0/s1. The molecule has 1 aliphatic rings. The lowest BCUT2D eigenvalue weighted by Gasteiger charge is -2.19. The van der Waals surface area contributed by atoms with Gasteiger partial charge in [0.05, 0.1) is 19.6 Å². The van der Waals surface area contributed by atoms with Gasteiger partial charge in [-0.15, -0.1) is 6.58 Å². The van der Waals surface area contributed by atoms with Crippen LogP contribution in [0.1, 0.15) is 38.5 Å². The first-order chi connectivity index (χ1) is 8.67. The van der Waals surface area contributed by atoms with Gasteiger partial charge in [0.25, 0.3) is 0 Å². The topological polar surface area (TPSA) is 52.6 Å². The summed E-state index contributed by atoms with van der Waals surface area (Å²) >= 11 is 0. The fourth-order valence-electron chi connectivity index (χ4n) is 2.29.